The molecule has 5 aromatic rings. The molecule has 1 aliphatic rings. The zero-order valence-corrected chi connectivity index (χ0v) is 22.1. The number of thiophene rings is 1. The zero-order valence-electron chi connectivity index (χ0n) is 21.3. The molecule has 1 aliphatic heterocycles. The van der Waals surface area contributed by atoms with Crippen LogP contribution in [0.2, 0.25) is 0 Å². The van der Waals surface area contributed by atoms with Gasteiger partial charge < -0.3 is 4.74 Å². The molecule has 0 amide bonds. The lowest BCUT2D eigenvalue weighted by molar-refractivity contribution is 0.249. The lowest BCUT2D eigenvalue weighted by Crippen LogP contribution is -2.29. The van der Waals surface area contributed by atoms with Crippen molar-refractivity contribution in [3.05, 3.63) is 130 Å². The maximum Gasteiger partial charge on any atom is 0.134 e. The van der Waals surface area contributed by atoms with Crippen molar-refractivity contribution in [1.82, 2.24) is 4.90 Å². The largest absolute Gasteiger partial charge is 0.488 e. The Hall–Kier alpha value is -4.31. The third-order valence-electron chi connectivity index (χ3n) is 7.06. The molecular weight excluding hydrogens is 505 g/mol. The summed E-state index contributed by atoms with van der Waals surface area (Å²) in [5.74, 6) is 0.326. The van der Waals surface area contributed by atoms with Crippen LogP contribution in [0, 0.1) is 17.1 Å². The van der Waals surface area contributed by atoms with Crippen LogP contribution in [0.15, 0.2) is 96.0 Å². The van der Waals surface area contributed by atoms with Crippen LogP contribution in [0.25, 0.3) is 10.8 Å². The van der Waals surface area contributed by atoms with Crippen molar-refractivity contribution in [3.63, 3.8) is 0 Å². The molecule has 0 radical (unpaired) electrons. The summed E-state index contributed by atoms with van der Waals surface area (Å²) in [6.07, 6.45) is 2.63. The number of nitrogens with zero attached hydrogens (tertiary/aromatic N) is 3. The number of ether oxygens (including phenoxy) is 1. The van der Waals surface area contributed by atoms with Gasteiger partial charge in [0.2, 0.25) is 0 Å². The lowest BCUT2D eigenvalue weighted by atomic mass is 10.0. The third-order valence-corrected chi connectivity index (χ3v) is 8.19. The Morgan fingerprint density at radius 1 is 0.974 bits per heavy atom. The van der Waals surface area contributed by atoms with Crippen LogP contribution in [-0.4, -0.2) is 17.7 Å². The second-order valence-electron chi connectivity index (χ2n) is 9.58. The first-order valence-corrected chi connectivity index (χ1v) is 13.7. The van der Waals surface area contributed by atoms with E-state index in [1.54, 1.807) is 35.8 Å². The van der Waals surface area contributed by atoms with Crippen molar-refractivity contribution in [1.29, 1.82) is 5.26 Å². The summed E-state index contributed by atoms with van der Waals surface area (Å²) in [6, 6.07) is 31.4. The van der Waals surface area contributed by atoms with Gasteiger partial charge in [-0.2, -0.15) is 5.26 Å². The summed E-state index contributed by atoms with van der Waals surface area (Å²) in [7, 11) is 0. The van der Waals surface area contributed by atoms with Gasteiger partial charge in [0.05, 0.1) is 5.56 Å². The average molecular weight is 532 g/mol. The third kappa shape index (κ3) is 5.33. The first-order chi connectivity index (χ1) is 19.2. The molecule has 1 aromatic heterocycles. The molecule has 4 nitrogen and oxygen atoms in total. The predicted molar refractivity (Wildman–Crippen MR) is 155 cm³/mol. The Bertz CT molecular complexity index is 1700. The van der Waals surface area contributed by atoms with Crippen molar-refractivity contribution in [2.24, 2.45) is 4.99 Å². The molecule has 2 heterocycles. The van der Waals surface area contributed by atoms with Gasteiger partial charge in [0, 0.05) is 41.9 Å². The highest BCUT2D eigenvalue weighted by Gasteiger charge is 2.24. The molecule has 0 saturated heterocycles. The average Bonchev–Trinajstić information content (AvgIpc) is 3.33. The summed E-state index contributed by atoms with van der Waals surface area (Å²) in [5.41, 5.74) is 4.37. The van der Waals surface area contributed by atoms with Crippen LogP contribution < -0.4 is 4.74 Å². The van der Waals surface area contributed by atoms with Gasteiger partial charge in [0.1, 0.15) is 29.2 Å². The first kappa shape index (κ1) is 25.0. The Labute approximate surface area is 231 Å². The topological polar surface area (TPSA) is 48.6 Å². The normalized spacial score (nSPS) is 13.4. The van der Waals surface area contributed by atoms with E-state index in [4.69, 9.17) is 9.73 Å². The molecule has 0 N–H and O–H groups in total. The quantitative estimate of drug-likeness (QED) is 0.201. The minimum Gasteiger partial charge on any atom is -0.488 e. The van der Waals surface area contributed by atoms with E-state index in [2.05, 4.69) is 35.2 Å². The van der Waals surface area contributed by atoms with Gasteiger partial charge in [0.15, 0.2) is 0 Å². The number of halogens is 1. The molecule has 0 saturated carbocycles. The molecule has 4 aromatic carbocycles. The van der Waals surface area contributed by atoms with Gasteiger partial charge in [0.25, 0.3) is 0 Å². The highest BCUT2D eigenvalue weighted by atomic mass is 32.1. The van der Waals surface area contributed by atoms with E-state index in [0.29, 0.717) is 16.9 Å². The van der Waals surface area contributed by atoms with Crippen LogP contribution in [0.5, 0.6) is 5.75 Å². The Morgan fingerprint density at radius 2 is 1.77 bits per heavy atom. The van der Waals surface area contributed by atoms with Crippen LogP contribution in [-0.2, 0) is 26.1 Å². The maximum absolute atomic E-state index is 14.2. The second-order valence-corrected chi connectivity index (χ2v) is 10.7. The Morgan fingerprint density at radius 3 is 2.62 bits per heavy atom. The van der Waals surface area contributed by atoms with E-state index in [9.17, 15) is 9.65 Å². The molecule has 0 unspecified atom stereocenters. The van der Waals surface area contributed by atoms with Gasteiger partial charge in [-0.3, -0.25) is 4.90 Å². The SMILES string of the molecule is N#Cc1c(N=Cc2c(OCc3ccccc3F)ccc3ccccc23)sc2c1CCN(Cc1ccccc1)C2. The predicted octanol–water partition coefficient (Wildman–Crippen LogP) is 7.80. The van der Waals surface area contributed by atoms with E-state index < -0.39 is 0 Å². The van der Waals surface area contributed by atoms with E-state index in [1.165, 1.54) is 16.5 Å². The fourth-order valence-corrected chi connectivity index (χ4v) is 6.24. The van der Waals surface area contributed by atoms with Gasteiger partial charge in [-0.25, -0.2) is 9.38 Å². The molecule has 0 spiro atoms. The highest BCUT2D eigenvalue weighted by Crippen LogP contribution is 2.39. The molecule has 0 aliphatic carbocycles. The number of benzene rings is 4. The Kier molecular flexibility index (Phi) is 7.18. The smallest absolute Gasteiger partial charge is 0.134 e. The van der Waals surface area contributed by atoms with E-state index in [1.807, 2.05) is 42.5 Å². The summed E-state index contributed by atoms with van der Waals surface area (Å²) in [4.78, 5) is 8.47. The van der Waals surface area contributed by atoms with E-state index >= 15 is 0 Å². The number of aliphatic imine (C=N–C) groups is 1. The van der Waals surface area contributed by atoms with E-state index in [-0.39, 0.29) is 12.4 Å². The Balaban J connectivity index is 1.30. The molecule has 0 bridgehead atoms. The summed E-state index contributed by atoms with van der Waals surface area (Å²) in [5, 5.41) is 12.8. The molecule has 0 atom stereocenters. The fraction of sp³-hybridized carbons (Fsp3) is 0.152. The molecule has 39 heavy (non-hydrogen) atoms. The van der Waals surface area contributed by atoms with E-state index in [0.717, 1.165) is 53.0 Å². The summed E-state index contributed by atoms with van der Waals surface area (Å²) >= 11 is 1.59. The van der Waals surface area contributed by atoms with Gasteiger partial charge in [-0.15, -0.1) is 11.3 Å². The maximum atomic E-state index is 14.2. The van der Waals surface area contributed by atoms with Gasteiger partial charge in [-0.05, 0) is 40.5 Å². The standard InChI is InChI=1S/C33H26FN3OS/c34-30-13-7-5-11-25(30)22-38-31-15-14-24-10-4-6-12-26(24)29(31)19-36-33-28(18-35)27-16-17-37(21-32(27)39-33)20-23-8-2-1-3-9-23/h1-15,19H,16-17,20-22H2. The minimum absolute atomic E-state index is 0.111. The number of rotatable bonds is 7. The summed E-state index contributed by atoms with van der Waals surface area (Å²) < 4.78 is 20.3. The van der Waals surface area contributed by atoms with Crippen molar-refractivity contribution >= 4 is 33.3 Å². The molecule has 6 heteroatoms. The monoisotopic (exact) mass is 531 g/mol. The highest BCUT2D eigenvalue weighted by molar-refractivity contribution is 7.16. The number of fused-ring (bicyclic) bond motifs is 2. The van der Waals surface area contributed by atoms with Crippen LogP contribution in [0.1, 0.15) is 32.7 Å². The van der Waals surface area contributed by atoms with Crippen LogP contribution >= 0.6 is 11.3 Å². The molecular formula is C33H26FN3OS. The number of hydrogen-bond donors (Lipinski definition) is 0. The van der Waals surface area contributed by atoms with Gasteiger partial charge >= 0.3 is 0 Å². The van der Waals surface area contributed by atoms with Crippen molar-refractivity contribution < 1.29 is 9.13 Å². The van der Waals surface area contributed by atoms with Gasteiger partial charge in [-0.1, -0.05) is 78.9 Å². The summed E-state index contributed by atoms with van der Waals surface area (Å²) in [6.45, 7) is 2.72. The fourth-order valence-electron chi connectivity index (χ4n) is 5.05. The number of nitriles is 1. The second kappa shape index (κ2) is 11.2. The van der Waals surface area contributed by atoms with Crippen LogP contribution in [0.4, 0.5) is 9.39 Å². The van der Waals surface area contributed by atoms with Crippen LogP contribution in [0.3, 0.4) is 0 Å². The first-order valence-electron chi connectivity index (χ1n) is 12.9. The van der Waals surface area contributed by atoms with Crippen molar-refractivity contribution in [3.8, 4) is 11.8 Å². The lowest BCUT2D eigenvalue weighted by Gasteiger charge is -2.26. The molecule has 0 fully saturated rings. The zero-order chi connectivity index (χ0) is 26.6. The molecule has 6 rings (SSSR count). The minimum atomic E-state index is -0.294. The number of hydrogen-bond acceptors (Lipinski definition) is 5. The van der Waals surface area contributed by atoms with Crippen molar-refractivity contribution in [2.45, 2.75) is 26.1 Å². The van der Waals surface area contributed by atoms with Crippen molar-refractivity contribution in [2.75, 3.05) is 6.54 Å². The molecule has 192 valence electrons.